The SMILES string of the molecule is CCOc1ccc(-c2nc(-c3c[nH]c4ccccc34)cs2)cc1OC. The number of para-hydroxylation sites is 1. The highest BCUT2D eigenvalue weighted by atomic mass is 32.1. The molecule has 4 rings (SSSR count). The van der Waals surface area contributed by atoms with Gasteiger partial charge in [0.1, 0.15) is 5.01 Å². The molecule has 0 bridgehead atoms. The van der Waals surface area contributed by atoms with E-state index in [2.05, 4.69) is 22.5 Å². The average molecular weight is 350 g/mol. The Morgan fingerprint density at radius 3 is 2.84 bits per heavy atom. The second-order valence-corrected chi connectivity index (χ2v) is 6.44. The van der Waals surface area contributed by atoms with Gasteiger partial charge in [0, 0.05) is 33.6 Å². The third-order valence-corrected chi connectivity index (χ3v) is 4.97. The number of benzene rings is 2. The van der Waals surface area contributed by atoms with Crippen LogP contribution in [-0.4, -0.2) is 23.7 Å². The monoisotopic (exact) mass is 350 g/mol. The molecule has 0 atom stereocenters. The van der Waals surface area contributed by atoms with Crippen LogP contribution in [0.3, 0.4) is 0 Å². The lowest BCUT2D eigenvalue weighted by Crippen LogP contribution is -1.95. The Balaban J connectivity index is 1.72. The highest BCUT2D eigenvalue weighted by Crippen LogP contribution is 2.36. The van der Waals surface area contributed by atoms with E-state index in [0.29, 0.717) is 6.61 Å². The van der Waals surface area contributed by atoms with E-state index < -0.39 is 0 Å². The van der Waals surface area contributed by atoms with Crippen molar-refractivity contribution < 1.29 is 9.47 Å². The number of methoxy groups -OCH3 is 1. The first kappa shape index (κ1) is 15.7. The van der Waals surface area contributed by atoms with Crippen LogP contribution in [0.25, 0.3) is 32.7 Å². The molecule has 0 saturated carbocycles. The molecule has 2 aromatic heterocycles. The van der Waals surface area contributed by atoms with Crippen LogP contribution in [0.2, 0.25) is 0 Å². The molecule has 0 amide bonds. The summed E-state index contributed by atoms with van der Waals surface area (Å²) < 4.78 is 11.0. The second kappa shape index (κ2) is 6.61. The van der Waals surface area contributed by atoms with Gasteiger partial charge in [-0.25, -0.2) is 4.98 Å². The molecular formula is C20H18N2O2S. The van der Waals surface area contributed by atoms with Crippen molar-refractivity contribution in [3.8, 4) is 33.3 Å². The topological polar surface area (TPSA) is 47.1 Å². The summed E-state index contributed by atoms with van der Waals surface area (Å²) in [5, 5.41) is 4.23. The molecular weight excluding hydrogens is 332 g/mol. The Hall–Kier alpha value is -2.79. The summed E-state index contributed by atoms with van der Waals surface area (Å²) in [6.45, 7) is 2.57. The van der Waals surface area contributed by atoms with Crippen LogP contribution in [0.5, 0.6) is 11.5 Å². The number of thiazole rings is 1. The number of H-pyrrole nitrogens is 1. The fourth-order valence-corrected chi connectivity index (χ4v) is 3.71. The molecule has 1 N–H and O–H groups in total. The normalized spacial score (nSPS) is 11.0. The van der Waals surface area contributed by atoms with Gasteiger partial charge in [-0.05, 0) is 31.2 Å². The van der Waals surface area contributed by atoms with E-state index in [1.807, 2.05) is 43.5 Å². The molecule has 25 heavy (non-hydrogen) atoms. The predicted octanol–water partition coefficient (Wildman–Crippen LogP) is 5.37. The first-order valence-electron chi connectivity index (χ1n) is 8.13. The Morgan fingerprint density at radius 2 is 2.00 bits per heavy atom. The number of hydrogen-bond acceptors (Lipinski definition) is 4. The predicted molar refractivity (Wildman–Crippen MR) is 103 cm³/mol. The highest BCUT2D eigenvalue weighted by Gasteiger charge is 2.13. The quantitative estimate of drug-likeness (QED) is 0.527. The van der Waals surface area contributed by atoms with Gasteiger partial charge in [0.05, 0.1) is 19.4 Å². The molecule has 2 aromatic carbocycles. The molecule has 5 heteroatoms. The molecule has 0 radical (unpaired) electrons. The van der Waals surface area contributed by atoms with E-state index in [0.717, 1.165) is 38.8 Å². The molecule has 2 heterocycles. The fraction of sp³-hybridized carbons (Fsp3) is 0.150. The zero-order valence-electron chi connectivity index (χ0n) is 14.1. The molecule has 0 fully saturated rings. The summed E-state index contributed by atoms with van der Waals surface area (Å²) in [5.41, 5.74) is 4.24. The minimum atomic E-state index is 0.609. The second-order valence-electron chi connectivity index (χ2n) is 5.58. The van der Waals surface area contributed by atoms with Crippen LogP contribution in [0.1, 0.15) is 6.92 Å². The maximum absolute atomic E-state index is 5.58. The average Bonchev–Trinajstić information content (AvgIpc) is 3.29. The van der Waals surface area contributed by atoms with Gasteiger partial charge in [0.2, 0.25) is 0 Å². The molecule has 0 aliphatic rings. The lowest BCUT2D eigenvalue weighted by Gasteiger charge is -2.09. The number of hydrogen-bond donors (Lipinski definition) is 1. The molecule has 0 aliphatic carbocycles. The van der Waals surface area contributed by atoms with Crippen LogP contribution in [0, 0.1) is 0 Å². The smallest absolute Gasteiger partial charge is 0.161 e. The van der Waals surface area contributed by atoms with E-state index in [9.17, 15) is 0 Å². The van der Waals surface area contributed by atoms with E-state index in [1.165, 1.54) is 5.39 Å². The lowest BCUT2D eigenvalue weighted by atomic mass is 10.1. The first-order chi connectivity index (χ1) is 12.3. The van der Waals surface area contributed by atoms with Crippen molar-refractivity contribution in [1.82, 2.24) is 9.97 Å². The minimum Gasteiger partial charge on any atom is -0.493 e. The van der Waals surface area contributed by atoms with Gasteiger partial charge in [0.15, 0.2) is 11.5 Å². The zero-order chi connectivity index (χ0) is 17.2. The lowest BCUT2D eigenvalue weighted by molar-refractivity contribution is 0.311. The van der Waals surface area contributed by atoms with Crippen molar-refractivity contribution in [1.29, 1.82) is 0 Å². The molecule has 4 aromatic rings. The van der Waals surface area contributed by atoms with E-state index in [-0.39, 0.29) is 0 Å². The van der Waals surface area contributed by atoms with Crippen molar-refractivity contribution in [2.24, 2.45) is 0 Å². The van der Waals surface area contributed by atoms with Crippen LogP contribution < -0.4 is 9.47 Å². The number of fused-ring (bicyclic) bond motifs is 1. The van der Waals surface area contributed by atoms with Gasteiger partial charge in [-0.3, -0.25) is 0 Å². The molecule has 0 saturated heterocycles. The Labute approximate surface area is 150 Å². The standard InChI is InChI=1S/C20H18N2O2S/c1-3-24-18-9-8-13(10-19(18)23-2)20-22-17(12-25-20)15-11-21-16-7-5-4-6-14(15)16/h4-12,21H,3H2,1-2H3. The highest BCUT2D eigenvalue weighted by molar-refractivity contribution is 7.13. The summed E-state index contributed by atoms with van der Waals surface area (Å²) in [4.78, 5) is 8.13. The first-order valence-corrected chi connectivity index (χ1v) is 9.01. The van der Waals surface area contributed by atoms with Gasteiger partial charge >= 0.3 is 0 Å². The summed E-state index contributed by atoms with van der Waals surface area (Å²) in [7, 11) is 1.65. The van der Waals surface area contributed by atoms with E-state index >= 15 is 0 Å². The third kappa shape index (κ3) is 2.87. The Kier molecular flexibility index (Phi) is 4.15. The summed E-state index contributed by atoms with van der Waals surface area (Å²) in [6.07, 6.45) is 2.02. The van der Waals surface area contributed by atoms with Crippen LogP contribution in [0.4, 0.5) is 0 Å². The van der Waals surface area contributed by atoms with Crippen molar-refractivity contribution in [3.05, 3.63) is 54.0 Å². The largest absolute Gasteiger partial charge is 0.493 e. The molecule has 0 aliphatic heterocycles. The maximum atomic E-state index is 5.58. The van der Waals surface area contributed by atoms with Crippen LogP contribution >= 0.6 is 11.3 Å². The third-order valence-electron chi connectivity index (χ3n) is 4.08. The summed E-state index contributed by atoms with van der Waals surface area (Å²) >= 11 is 1.63. The van der Waals surface area contributed by atoms with Crippen LogP contribution in [0.15, 0.2) is 54.0 Å². The van der Waals surface area contributed by atoms with Gasteiger partial charge in [-0.15, -0.1) is 11.3 Å². The number of ether oxygens (including phenoxy) is 2. The van der Waals surface area contributed by atoms with Gasteiger partial charge in [-0.1, -0.05) is 18.2 Å². The summed E-state index contributed by atoms with van der Waals surface area (Å²) in [6, 6.07) is 14.2. The van der Waals surface area contributed by atoms with Crippen molar-refractivity contribution in [2.45, 2.75) is 6.92 Å². The van der Waals surface area contributed by atoms with Gasteiger partial charge in [0.25, 0.3) is 0 Å². The number of nitrogens with one attached hydrogen (secondary N) is 1. The number of nitrogens with zero attached hydrogens (tertiary/aromatic N) is 1. The number of rotatable bonds is 5. The summed E-state index contributed by atoms with van der Waals surface area (Å²) in [5.74, 6) is 1.48. The van der Waals surface area contributed by atoms with Gasteiger partial charge < -0.3 is 14.5 Å². The van der Waals surface area contributed by atoms with Crippen molar-refractivity contribution in [3.63, 3.8) is 0 Å². The number of aromatic amines is 1. The molecule has 4 nitrogen and oxygen atoms in total. The van der Waals surface area contributed by atoms with Crippen LogP contribution in [-0.2, 0) is 0 Å². The van der Waals surface area contributed by atoms with E-state index in [4.69, 9.17) is 14.5 Å². The molecule has 0 spiro atoms. The minimum absolute atomic E-state index is 0.609. The van der Waals surface area contributed by atoms with E-state index in [1.54, 1.807) is 18.4 Å². The maximum Gasteiger partial charge on any atom is 0.161 e. The molecule has 0 unspecified atom stereocenters. The Bertz CT molecular complexity index is 1020. The number of aromatic nitrogens is 2. The molecule has 126 valence electrons. The Morgan fingerprint density at radius 1 is 1.12 bits per heavy atom. The fourth-order valence-electron chi connectivity index (χ4n) is 2.89. The van der Waals surface area contributed by atoms with Crippen molar-refractivity contribution in [2.75, 3.05) is 13.7 Å². The van der Waals surface area contributed by atoms with Gasteiger partial charge in [-0.2, -0.15) is 0 Å². The zero-order valence-corrected chi connectivity index (χ0v) is 14.9. The van der Waals surface area contributed by atoms with Crippen molar-refractivity contribution >= 4 is 22.2 Å².